The van der Waals surface area contributed by atoms with Gasteiger partial charge in [-0.25, -0.2) is 8.42 Å². The molecule has 21 heavy (non-hydrogen) atoms. The molecule has 2 aromatic rings. The molecular weight excluding hydrogens is 295 g/mol. The van der Waals surface area contributed by atoms with Gasteiger partial charge in [0.2, 0.25) is 0 Å². The normalized spacial score (nSPS) is 10.9. The third-order valence-corrected chi connectivity index (χ3v) is 4.13. The summed E-state index contributed by atoms with van der Waals surface area (Å²) in [6, 6.07) is 8.90. The maximum absolute atomic E-state index is 11.7. The van der Waals surface area contributed by atoms with Crippen LogP contribution < -0.4 is 29.6 Å². The summed E-state index contributed by atoms with van der Waals surface area (Å²) in [7, 11) is -4.56. The summed E-state index contributed by atoms with van der Waals surface area (Å²) >= 11 is 0. The Morgan fingerprint density at radius 3 is 2.29 bits per heavy atom. The number of rotatable bonds is 5. The van der Waals surface area contributed by atoms with Crippen molar-refractivity contribution in [3.05, 3.63) is 66.8 Å². The van der Waals surface area contributed by atoms with E-state index in [1.807, 2.05) is 12.1 Å². The van der Waals surface area contributed by atoms with Gasteiger partial charge in [-0.3, -0.25) is 0 Å². The van der Waals surface area contributed by atoms with Crippen molar-refractivity contribution in [3.63, 3.8) is 0 Å². The van der Waals surface area contributed by atoms with Crippen molar-refractivity contribution in [2.75, 3.05) is 0 Å². The van der Waals surface area contributed by atoms with Gasteiger partial charge in [0.05, 0.1) is 4.90 Å². The predicted octanol–water partition coefficient (Wildman–Crippen LogP) is 0.205. The molecule has 0 aromatic heterocycles. The van der Waals surface area contributed by atoms with E-state index in [9.17, 15) is 13.0 Å². The molecule has 2 aromatic carbocycles. The molecule has 104 valence electrons. The van der Waals surface area contributed by atoms with Gasteiger partial charge in [-0.05, 0) is 34.7 Å². The van der Waals surface area contributed by atoms with E-state index in [1.165, 1.54) is 0 Å². The van der Waals surface area contributed by atoms with E-state index < -0.39 is 10.1 Å². The molecule has 0 saturated heterocycles. The molecule has 2 rings (SSSR count). The average molecular weight is 310 g/mol. The standard InChI is InChI=1S/C16H16O3S.Na/c1-3-7-12-11-13-9-5-6-10-15(13)16(20(17,18)19)14(12)8-4-2;/h3-6,9-11H,1-2,7-8H2,(H,17,18,19);/q;+1/p-1. The third kappa shape index (κ3) is 3.84. The van der Waals surface area contributed by atoms with Crippen LogP contribution in [0.3, 0.4) is 0 Å². The number of benzene rings is 2. The molecule has 0 radical (unpaired) electrons. The minimum atomic E-state index is -4.56. The number of hydrogen-bond donors (Lipinski definition) is 0. The van der Waals surface area contributed by atoms with E-state index in [1.54, 1.807) is 30.4 Å². The first kappa shape index (κ1) is 18.1. The maximum atomic E-state index is 11.7. The number of allylic oxidation sites excluding steroid dienone is 2. The molecule has 0 atom stereocenters. The van der Waals surface area contributed by atoms with Gasteiger partial charge in [0, 0.05) is 0 Å². The zero-order valence-corrected chi connectivity index (χ0v) is 14.8. The minimum absolute atomic E-state index is 0. The summed E-state index contributed by atoms with van der Waals surface area (Å²) in [4.78, 5) is -0.132. The van der Waals surface area contributed by atoms with Crippen LogP contribution in [0, 0.1) is 0 Å². The molecule has 0 aliphatic heterocycles. The van der Waals surface area contributed by atoms with Gasteiger partial charge in [-0.15, -0.1) is 13.2 Å². The molecule has 0 unspecified atom stereocenters. The molecule has 5 heteroatoms. The molecule has 0 aliphatic rings. The smallest absolute Gasteiger partial charge is 0.744 e. The van der Waals surface area contributed by atoms with Crippen LogP contribution in [-0.4, -0.2) is 13.0 Å². The van der Waals surface area contributed by atoms with Gasteiger partial charge >= 0.3 is 29.6 Å². The summed E-state index contributed by atoms with van der Waals surface area (Å²) < 4.78 is 35.0. The SMILES string of the molecule is C=CCc1cc2ccccc2c(S(=O)(=O)[O-])c1CC=C.[Na+]. The van der Waals surface area contributed by atoms with Crippen LogP contribution in [0.2, 0.25) is 0 Å². The van der Waals surface area contributed by atoms with Crippen LogP contribution in [0.4, 0.5) is 0 Å². The molecule has 0 amide bonds. The fourth-order valence-corrected chi connectivity index (χ4v) is 3.38. The molecule has 0 N–H and O–H groups in total. The molecular formula is C16H15NaO3S. The van der Waals surface area contributed by atoms with E-state index in [4.69, 9.17) is 0 Å². The molecule has 0 spiro atoms. The summed E-state index contributed by atoms with van der Waals surface area (Å²) in [5.41, 5.74) is 1.32. The fourth-order valence-electron chi connectivity index (χ4n) is 2.40. The fraction of sp³-hybridized carbons (Fsp3) is 0.125. The van der Waals surface area contributed by atoms with Crippen molar-refractivity contribution in [2.24, 2.45) is 0 Å². The Labute approximate surface area is 147 Å². The Hall–Kier alpha value is -0.910. The van der Waals surface area contributed by atoms with Crippen LogP contribution in [0.1, 0.15) is 11.1 Å². The van der Waals surface area contributed by atoms with Crippen LogP contribution >= 0.6 is 0 Å². The van der Waals surface area contributed by atoms with E-state index in [0.717, 1.165) is 10.9 Å². The summed E-state index contributed by atoms with van der Waals surface area (Å²) in [5, 5.41) is 1.21. The van der Waals surface area contributed by atoms with Crippen molar-refractivity contribution in [2.45, 2.75) is 17.7 Å². The van der Waals surface area contributed by atoms with Crippen molar-refractivity contribution >= 4 is 20.9 Å². The average Bonchev–Trinajstić information content (AvgIpc) is 2.38. The first-order valence-corrected chi connectivity index (χ1v) is 7.61. The second-order valence-corrected chi connectivity index (χ2v) is 5.82. The van der Waals surface area contributed by atoms with Crippen molar-refractivity contribution in [1.29, 1.82) is 0 Å². The summed E-state index contributed by atoms with van der Waals surface area (Å²) in [6.07, 6.45) is 4.14. The summed E-state index contributed by atoms with van der Waals surface area (Å²) in [6.45, 7) is 7.31. The zero-order chi connectivity index (χ0) is 14.8. The van der Waals surface area contributed by atoms with Crippen molar-refractivity contribution in [3.8, 4) is 0 Å². The van der Waals surface area contributed by atoms with Crippen LogP contribution in [0.25, 0.3) is 10.8 Å². The van der Waals surface area contributed by atoms with Gasteiger partial charge in [0.15, 0.2) is 0 Å². The Morgan fingerprint density at radius 1 is 1.10 bits per heavy atom. The number of fused-ring (bicyclic) bond motifs is 1. The Balaban J connectivity index is 0.00000220. The topological polar surface area (TPSA) is 57.2 Å². The number of hydrogen-bond acceptors (Lipinski definition) is 3. The van der Waals surface area contributed by atoms with E-state index in [0.29, 0.717) is 23.8 Å². The second-order valence-electron chi connectivity index (χ2n) is 4.50. The Morgan fingerprint density at radius 2 is 1.71 bits per heavy atom. The molecule has 0 saturated carbocycles. The van der Waals surface area contributed by atoms with Gasteiger partial charge in [0.1, 0.15) is 10.1 Å². The van der Waals surface area contributed by atoms with E-state index in [2.05, 4.69) is 13.2 Å². The van der Waals surface area contributed by atoms with Crippen LogP contribution in [-0.2, 0) is 23.0 Å². The third-order valence-electron chi connectivity index (χ3n) is 3.16. The van der Waals surface area contributed by atoms with Crippen molar-refractivity contribution in [1.82, 2.24) is 0 Å². The quantitative estimate of drug-likeness (QED) is 0.450. The first-order chi connectivity index (χ1) is 9.49. The van der Waals surface area contributed by atoms with Gasteiger partial charge in [-0.1, -0.05) is 42.5 Å². The van der Waals surface area contributed by atoms with Gasteiger partial charge in [0.25, 0.3) is 0 Å². The van der Waals surface area contributed by atoms with Crippen molar-refractivity contribution < 1.29 is 42.5 Å². The molecule has 0 bridgehead atoms. The first-order valence-electron chi connectivity index (χ1n) is 6.20. The zero-order valence-electron chi connectivity index (χ0n) is 12.0. The largest absolute Gasteiger partial charge is 1.00 e. The molecule has 0 heterocycles. The van der Waals surface area contributed by atoms with E-state index in [-0.39, 0.29) is 34.5 Å². The molecule has 0 aliphatic carbocycles. The summed E-state index contributed by atoms with van der Waals surface area (Å²) in [5.74, 6) is 0. The Kier molecular flexibility index (Phi) is 6.38. The van der Waals surface area contributed by atoms with Gasteiger partial charge in [-0.2, -0.15) is 0 Å². The monoisotopic (exact) mass is 310 g/mol. The Bertz CT molecular complexity index is 779. The minimum Gasteiger partial charge on any atom is -0.744 e. The van der Waals surface area contributed by atoms with E-state index >= 15 is 0 Å². The van der Waals surface area contributed by atoms with Crippen LogP contribution in [0.15, 0.2) is 60.5 Å². The second kappa shape index (κ2) is 7.38. The maximum Gasteiger partial charge on any atom is 1.00 e. The van der Waals surface area contributed by atoms with Gasteiger partial charge < -0.3 is 4.55 Å². The van der Waals surface area contributed by atoms with Crippen LogP contribution in [0.5, 0.6) is 0 Å². The predicted molar refractivity (Wildman–Crippen MR) is 79.7 cm³/mol. The molecule has 0 fully saturated rings. The molecule has 3 nitrogen and oxygen atoms in total.